The Morgan fingerprint density at radius 1 is 0.459 bits per heavy atom. The van der Waals surface area contributed by atoms with E-state index in [-0.39, 0.29) is 12.4 Å². The van der Waals surface area contributed by atoms with Gasteiger partial charge in [0.2, 0.25) is 0 Å². The number of ether oxygens (including phenoxy) is 10. The number of alkyl halides is 1. The highest BCUT2D eigenvalue weighted by atomic mass is 79.9. The summed E-state index contributed by atoms with van der Waals surface area (Å²) in [4.78, 5) is 11.5. The molecule has 0 bridgehead atoms. The van der Waals surface area contributed by atoms with Crippen LogP contribution in [0.15, 0.2) is 0 Å². The van der Waals surface area contributed by atoms with Gasteiger partial charge >= 0.3 is 5.97 Å². The third kappa shape index (κ3) is 33.6. The summed E-state index contributed by atoms with van der Waals surface area (Å²) in [6, 6.07) is 0. The molecule has 37 heavy (non-hydrogen) atoms. The van der Waals surface area contributed by atoms with Crippen LogP contribution in [0.2, 0.25) is 0 Å². The van der Waals surface area contributed by atoms with Crippen molar-refractivity contribution < 1.29 is 52.2 Å². The van der Waals surface area contributed by atoms with Crippen molar-refractivity contribution in [1.29, 1.82) is 0 Å². The first kappa shape index (κ1) is 36.6. The molecule has 0 aromatic heterocycles. The highest BCUT2D eigenvalue weighted by Gasteiger charge is 2.15. The van der Waals surface area contributed by atoms with Crippen LogP contribution in [0.1, 0.15) is 27.2 Å². The third-order valence-electron chi connectivity index (χ3n) is 4.07. The van der Waals surface area contributed by atoms with E-state index in [1.54, 1.807) is 0 Å². The third-order valence-corrected chi connectivity index (χ3v) is 4.39. The molecule has 0 saturated heterocycles. The Morgan fingerprint density at radius 3 is 0.946 bits per heavy atom. The number of hydrogen-bond acceptors (Lipinski definition) is 11. The van der Waals surface area contributed by atoms with Gasteiger partial charge in [0.15, 0.2) is 0 Å². The number of rotatable bonds is 29. The molecule has 0 aliphatic carbocycles. The van der Waals surface area contributed by atoms with E-state index in [1.807, 2.05) is 20.8 Å². The number of halogens is 1. The van der Waals surface area contributed by atoms with Crippen molar-refractivity contribution >= 4 is 21.9 Å². The molecule has 0 heterocycles. The lowest BCUT2D eigenvalue weighted by atomic mass is 10.2. The summed E-state index contributed by atoms with van der Waals surface area (Å²) in [5.74, 6) is -0.261. The van der Waals surface area contributed by atoms with Crippen molar-refractivity contribution in [2.24, 2.45) is 0 Å². The average Bonchev–Trinajstić information content (AvgIpc) is 2.84. The fourth-order valence-corrected chi connectivity index (χ4v) is 2.69. The molecule has 0 N–H and O–H groups in total. The van der Waals surface area contributed by atoms with Crippen molar-refractivity contribution in [3.8, 4) is 0 Å². The van der Waals surface area contributed by atoms with Gasteiger partial charge in [-0.25, -0.2) is 0 Å². The maximum atomic E-state index is 11.5. The summed E-state index contributed by atoms with van der Waals surface area (Å²) in [5.41, 5.74) is -0.467. The Morgan fingerprint density at radius 2 is 0.703 bits per heavy atom. The van der Waals surface area contributed by atoms with E-state index in [0.717, 1.165) is 5.33 Å². The summed E-state index contributed by atoms with van der Waals surface area (Å²) >= 11 is 3.29. The molecule has 222 valence electrons. The second-order valence-electron chi connectivity index (χ2n) is 8.54. The van der Waals surface area contributed by atoms with Crippen molar-refractivity contribution in [1.82, 2.24) is 0 Å². The van der Waals surface area contributed by atoms with Crippen LogP contribution in [0.25, 0.3) is 0 Å². The summed E-state index contributed by atoms with van der Waals surface area (Å²) < 4.78 is 53.8. The minimum Gasteiger partial charge on any atom is -0.460 e. The van der Waals surface area contributed by atoms with E-state index in [1.165, 1.54) is 0 Å². The highest BCUT2D eigenvalue weighted by Crippen LogP contribution is 2.08. The summed E-state index contributed by atoms with van der Waals surface area (Å²) in [6.07, 6.45) is 0.237. The molecule has 0 saturated carbocycles. The van der Waals surface area contributed by atoms with E-state index in [0.29, 0.717) is 119 Å². The van der Waals surface area contributed by atoms with Crippen molar-refractivity contribution in [3.63, 3.8) is 0 Å². The van der Waals surface area contributed by atoms with Crippen molar-refractivity contribution in [3.05, 3.63) is 0 Å². The Balaban J connectivity index is 3.09. The van der Waals surface area contributed by atoms with Gasteiger partial charge in [0.1, 0.15) is 5.60 Å². The van der Waals surface area contributed by atoms with Gasteiger partial charge in [-0.15, -0.1) is 0 Å². The Hall–Kier alpha value is -0.410. The van der Waals surface area contributed by atoms with Gasteiger partial charge < -0.3 is 47.4 Å². The van der Waals surface area contributed by atoms with Crippen LogP contribution in [0.3, 0.4) is 0 Å². The minimum atomic E-state index is -0.467. The standard InChI is InChI=1S/C25H49BrO11/c1-25(2,3)37-24(27)4-6-28-8-10-30-12-14-32-16-18-34-20-22-36-23-21-35-19-17-33-15-13-31-11-9-29-7-5-26/h4-23H2,1-3H3. The molecule has 0 aromatic carbocycles. The maximum absolute atomic E-state index is 11.5. The van der Waals surface area contributed by atoms with Gasteiger partial charge in [0, 0.05) is 5.33 Å². The highest BCUT2D eigenvalue weighted by molar-refractivity contribution is 9.09. The van der Waals surface area contributed by atoms with E-state index in [4.69, 9.17) is 47.4 Å². The first-order valence-corrected chi connectivity index (χ1v) is 14.1. The van der Waals surface area contributed by atoms with E-state index >= 15 is 0 Å². The zero-order valence-electron chi connectivity index (χ0n) is 23.0. The first-order valence-electron chi connectivity index (χ1n) is 12.9. The van der Waals surface area contributed by atoms with Crippen LogP contribution in [0, 0.1) is 0 Å². The van der Waals surface area contributed by atoms with Gasteiger partial charge in [-0.3, -0.25) is 4.79 Å². The summed E-state index contributed by atoms with van der Waals surface area (Å²) in [6.45, 7) is 14.7. The molecular weight excluding hydrogens is 556 g/mol. The van der Waals surface area contributed by atoms with Gasteiger partial charge in [-0.05, 0) is 20.8 Å². The normalized spacial score (nSPS) is 11.8. The van der Waals surface area contributed by atoms with Crippen molar-refractivity contribution in [2.45, 2.75) is 32.8 Å². The smallest absolute Gasteiger partial charge is 0.308 e. The van der Waals surface area contributed by atoms with Gasteiger partial charge in [-0.1, -0.05) is 15.9 Å². The van der Waals surface area contributed by atoms with Crippen LogP contribution in [0.4, 0.5) is 0 Å². The minimum absolute atomic E-state index is 0.237. The molecule has 0 rings (SSSR count). The van der Waals surface area contributed by atoms with Crippen LogP contribution in [-0.4, -0.2) is 136 Å². The first-order chi connectivity index (χ1) is 18.0. The molecule has 0 spiro atoms. The Kier molecular flexibility index (Phi) is 28.3. The second kappa shape index (κ2) is 28.6. The lowest BCUT2D eigenvalue weighted by molar-refractivity contribution is -0.156. The lowest BCUT2D eigenvalue weighted by Gasteiger charge is -2.19. The molecule has 11 nitrogen and oxygen atoms in total. The number of esters is 1. The van der Waals surface area contributed by atoms with Gasteiger partial charge in [0.25, 0.3) is 0 Å². The molecule has 0 fully saturated rings. The predicted octanol–water partition coefficient (Wildman–Crippen LogP) is 2.26. The number of carbonyl (C=O) groups is 1. The van der Waals surface area contributed by atoms with E-state index in [2.05, 4.69) is 15.9 Å². The summed E-state index contributed by atoms with van der Waals surface area (Å²) in [5, 5.41) is 0.836. The molecule has 0 aliphatic heterocycles. The fourth-order valence-electron chi connectivity index (χ4n) is 2.46. The van der Waals surface area contributed by atoms with E-state index < -0.39 is 5.60 Å². The SMILES string of the molecule is CC(C)(C)OC(=O)CCOCCOCCOCCOCCOCCOCCOCCOCCOCCBr. The molecule has 0 radical (unpaired) electrons. The molecular formula is C25H49BrO11. The number of carbonyl (C=O) groups excluding carboxylic acids is 1. The molecule has 0 aromatic rings. The molecule has 0 aliphatic rings. The monoisotopic (exact) mass is 604 g/mol. The molecule has 0 atom stereocenters. The van der Waals surface area contributed by atoms with E-state index in [9.17, 15) is 4.79 Å². The topological polar surface area (TPSA) is 109 Å². The molecule has 0 amide bonds. The second-order valence-corrected chi connectivity index (χ2v) is 9.33. The molecule has 12 heteroatoms. The Bertz CT molecular complexity index is 478. The largest absolute Gasteiger partial charge is 0.460 e. The summed E-state index contributed by atoms with van der Waals surface area (Å²) in [7, 11) is 0. The van der Waals surface area contributed by atoms with Gasteiger partial charge in [-0.2, -0.15) is 0 Å². The zero-order valence-corrected chi connectivity index (χ0v) is 24.6. The lowest BCUT2D eigenvalue weighted by Crippen LogP contribution is -2.24. The quantitative estimate of drug-likeness (QED) is 0.0712. The average molecular weight is 606 g/mol. The predicted molar refractivity (Wildman–Crippen MR) is 142 cm³/mol. The van der Waals surface area contributed by atoms with Crippen LogP contribution >= 0.6 is 15.9 Å². The van der Waals surface area contributed by atoms with Crippen LogP contribution < -0.4 is 0 Å². The van der Waals surface area contributed by atoms with Crippen LogP contribution in [0.5, 0.6) is 0 Å². The van der Waals surface area contributed by atoms with Crippen molar-refractivity contribution in [2.75, 3.05) is 124 Å². The zero-order chi connectivity index (χ0) is 27.3. The Labute approximate surface area is 231 Å². The fraction of sp³-hybridized carbons (Fsp3) is 0.960. The molecule has 0 unspecified atom stereocenters. The number of hydrogen-bond donors (Lipinski definition) is 0. The van der Waals surface area contributed by atoms with Gasteiger partial charge in [0.05, 0.1) is 125 Å². The van der Waals surface area contributed by atoms with Crippen LogP contribution in [-0.2, 0) is 52.2 Å². The maximum Gasteiger partial charge on any atom is 0.308 e.